The van der Waals surface area contributed by atoms with Crippen LogP contribution < -0.4 is 0 Å². The van der Waals surface area contributed by atoms with Crippen LogP contribution in [0.25, 0.3) is 11.3 Å². The topological polar surface area (TPSA) is 12.9 Å². The molecule has 0 N–H and O–H groups in total. The van der Waals surface area contributed by atoms with Gasteiger partial charge in [-0.25, -0.2) is 4.98 Å². The summed E-state index contributed by atoms with van der Waals surface area (Å²) < 4.78 is 0. The van der Waals surface area contributed by atoms with Crippen molar-refractivity contribution >= 4 is 11.6 Å². The summed E-state index contributed by atoms with van der Waals surface area (Å²) >= 11 is 6.37. The fraction of sp³-hybridized carbons (Fsp3) is 0.421. The molecule has 1 heterocycles. The van der Waals surface area contributed by atoms with Gasteiger partial charge >= 0.3 is 0 Å². The van der Waals surface area contributed by atoms with Crippen molar-refractivity contribution in [2.24, 2.45) is 0 Å². The first-order chi connectivity index (χ1) is 9.70. The maximum atomic E-state index is 6.37. The van der Waals surface area contributed by atoms with Crippen LogP contribution in [0.3, 0.4) is 0 Å². The predicted molar refractivity (Wildman–Crippen MR) is 92.2 cm³/mol. The number of hydrogen-bond acceptors (Lipinski definition) is 1. The molecule has 0 spiro atoms. The molecule has 0 aliphatic rings. The molecule has 0 atom stereocenters. The summed E-state index contributed by atoms with van der Waals surface area (Å²) in [5.74, 6) is 0.391. The molecule has 2 heteroatoms. The van der Waals surface area contributed by atoms with Gasteiger partial charge in [-0.2, -0.15) is 0 Å². The normalized spacial score (nSPS) is 12.0. The van der Waals surface area contributed by atoms with Gasteiger partial charge in [0.05, 0.1) is 5.69 Å². The second kappa shape index (κ2) is 5.81. The van der Waals surface area contributed by atoms with Crippen LogP contribution >= 0.6 is 11.6 Å². The van der Waals surface area contributed by atoms with E-state index < -0.39 is 0 Å². The van der Waals surface area contributed by atoms with E-state index in [0.29, 0.717) is 11.1 Å². The van der Waals surface area contributed by atoms with E-state index in [1.165, 1.54) is 11.1 Å². The predicted octanol–water partition coefficient (Wildman–Crippen LogP) is 6.13. The van der Waals surface area contributed by atoms with Crippen molar-refractivity contribution in [1.82, 2.24) is 4.98 Å². The standard InChI is InChI=1S/C19H24ClN/c1-12(2)17-13(3)11-16(21-18(17)20)14-7-9-15(10-8-14)19(4,5)6/h7-12H,1-6H3. The number of rotatable bonds is 2. The molecule has 2 rings (SSSR count). The minimum absolute atomic E-state index is 0.168. The quantitative estimate of drug-likeness (QED) is 0.608. The Morgan fingerprint density at radius 2 is 1.62 bits per heavy atom. The molecule has 112 valence electrons. The summed E-state index contributed by atoms with van der Waals surface area (Å²) in [5.41, 5.74) is 5.91. The first kappa shape index (κ1) is 16.0. The molecule has 0 radical (unpaired) electrons. The molecule has 0 amide bonds. The Kier molecular flexibility index (Phi) is 4.43. The summed E-state index contributed by atoms with van der Waals surface area (Å²) in [6.45, 7) is 13.1. The molecule has 0 aliphatic heterocycles. The van der Waals surface area contributed by atoms with E-state index in [1.54, 1.807) is 0 Å². The highest BCUT2D eigenvalue weighted by Gasteiger charge is 2.15. The molecule has 1 nitrogen and oxygen atoms in total. The summed E-state index contributed by atoms with van der Waals surface area (Å²) in [6.07, 6.45) is 0. The zero-order valence-electron chi connectivity index (χ0n) is 13.8. The fourth-order valence-corrected chi connectivity index (χ4v) is 3.08. The van der Waals surface area contributed by atoms with Gasteiger partial charge in [-0.3, -0.25) is 0 Å². The maximum absolute atomic E-state index is 6.37. The van der Waals surface area contributed by atoms with Gasteiger partial charge in [-0.15, -0.1) is 0 Å². The summed E-state index contributed by atoms with van der Waals surface area (Å²) in [7, 11) is 0. The van der Waals surface area contributed by atoms with Gasteiger partial charge in [-0.05, 0) is 41.0 Å². The second-order valence-corrected chi connectivity index (χ2v) is 7.37. The Hall–Kier alpha value is -1.34. The van der Waals surface area contributed by atoms with E-state index in [2.05, 4.69) is 76.9 Å². The van der Waals surface area contributed by atoms with Gasteiger partial charge in [-0.1, -0.05) is 70.5 Å². The van der Waals surface area contributed by atoms with Gasteiger partial charge in [0, 0.05) is 5.56 Å². The molecule has 21 heavy (non-hydrogen) atoms. The number of benzene rings is 1. The Balaban J connectivity index is 2.44. The van der Waals surface area contributed by atoms with Crippen molar-refractivity contribution in [3.63, 3.8) is 0 Å². The molecule has 0 saturated heterocycles. The van der Waals surface area contributed by atoms with E-state index in [-0.39, 0.29) is 5.41 Å². The minimum Gasteiger partial charge on any atom is -0.236 e. The van der Waals surface area contributed by atoms with Gasteiger partial charge in [0.2, 0.25) is 0 Å². The zero-order chi connectivity index (χ0) is 15.8. The molecule has 1 aromatic carbocycles. The van der Waals surface area contributed by atoms with Crippen LogP contribution in [0.4, 0.5) is 0 Å². The van der Waals surface area contributed by atoms with Gasteiger partial charge in [0.15, 0.2) is 0 Å². The lowest BCUT2D eigenvalue weighted by atomic mass is 9.86. The van der Waals surface area contributed by atoms with Gasteiger partial charge in [0.25, 0.3) is 0 Å². The van der Waals surface area contributed by atoms with Crippen LogP contribution in [0.15, 0.2) is 30.3 Å². The molecule has 0 aliphatic carbocycles. The van der Waals surface area contributed by atoms with Crippen molar-refractivity contribution in [3.05, 3.63) is 52.2 Å². The van der Waals surface area contributed by atoms with Crippen LogP contribution in [0.5, 0.6) is 0 Å². The molecule has 0 fully saturated rings. The van der Waals surface area contributed by atoms with Crippen LogP contribution in [0.2, 0.25) is 5.15 Å². The molecule has 0 unspecified atom stereocenters. The number of pyridine rings is 1. The largest absolute Gasteiger partial charge is 0.236 e. The third kappa shape index (κ3) is 3.47. The van der Waals surface area contributed by atoms with E-state index >= 15 is 0 Å². The van der Waals surface area contributed by atoms with E-state index in [1.807, 2.05) is 0 Å². The number of nitrogens with zero attached hydrogens (tertiary/aromatic N) is 1. The van der Waals surface area contributed by atoms with Gasteiger partial charge in [0.1, 0.15) is 5.15 Å². The first-order valence-corrected chi connectivity index (χ1v) is 7.86. The molecular formula is C19H24ClN. The number of halogens is 1. The van der Waals surface area contributed by atoms with Crippen LogP contribution in [0.1, 0.15) is 57.2 Å². The third-order valence-electron chi connectivity index (χ3n) is 3.84. The third-order valence-corrected chi connectivity index (χ3v) is 4.13. The lowest BCUT2D eigenvalue weighted by Crippen LogP contribution is -2.10. The van der Waals surface area contributed by atoms with Crippen LogP contribution in [-0.4, -0.2) is 4.98 Å². The fourth-order valence-electron chi connectivity index (χ4n) is 2.63. The average molecular weight is 302 g/mol. The number of aromatic nitrogens is 1. The summed E-state index contributed by atoms with van der Waals surface area (Å²) in [5, 5.41) is 0.625. The molecule has 2 aromatic rings. The highest BCUT2D eigenvalue weighted by Crippen LogP contribution is 2.31. The second-order valence-electron chi connectivity index (χ2n) is 7.01. The first-order valence-electron chi connectivity index (χ1n) is 7.48. The number of hydrogen-bond donors (Lipinski definition) is 0. The highest BCUT2D eigenvalue weighted by molar-refractivity contribution is 6.30. The van der Waals surface area contributed by atoms with Crippen molar-refractivity contribution in [1.29, 1.82) is 0 Å². The van der Waals surface area contributed by atoms with Gasteiger partial charge < -0.3 is 0 Å². The highest BCUT2D eigenvalue weighted by atomic mass is 35.5. The van der Waals surface area contributed by atoms with Crippen molar-refractivity contribution < 1.29 is 0 Å². The zero-order valence-corrected chi connectivity index (χ0v) is 14.5. The molecule has 0 bridgehead atoms. The van der Waals surface area contributed by atoms with Crippen molar-refractivity contribution in [2.75, 3.05) is 0 Å². The summed E-state index contributed by atoms with van der Waals surface area (Å²) in [6, 6.07) is 10.8. The average Bonchev–Trinajstić information content (AvgIpc) is 2.36. The van der Waals surface area contributed by atoms with Crippen LogP contribution in [0, 0.1) is 6.92 Å². The summed E-state index contributed by atoms with van der Waals surface area (Å²) in [4.78, 5) is 4.58. The van der Waals surface area contributed by atoms with Crippen molar-refractivity contribution in [2.45, 2.75) is 52.9 Å². The van der Waals surface area contributed by atoms with Crippen molar-refractivity contribution in [3.8, 4) is 11.3 Å². The lowest BCUT2D eigenvalue weighted by Gasteiger charge is -2.19. The smallest absolute Gasteiger partial charge is 0.133 e. The Morgan fingerprint density at radius 1 is 1.05 bits per heavy atom. The Labute approximate surface area is 133 Å². The minimum atomic E-state index is 0.168. The van der Waals surface area contributed by atoms with E-state index in [0.717, 1.165) is 16.8 Å². The number of aryl methyl sites for hydroxylation is 1. The van der Waals surface area contributed by atoms with Crippen LogP contribution in [-0.2, 0) is 5.41 Å². The lowest BCUT2D eigenvalue weighted by molar-refractivity contribution is 0.590. The molecule has 0 saturated carbocycles. The van der Waals surface area contributed by atoms with E-state index in [4.69, 9.17) is 11.6 Å². The molecule has 1 aromatic heterocycles. The molecular weight excluding hydrogens is 278 g/mol. The maximum Gasteiger partial charge on any atom is 0.133 e. The SMILES string of the molecule is Cc1cc(-c2ccc(C(C)(C)C)cc2)nc(Cl)c1C(C)C. The van der Waals surface area contributed by atoms with E-state index in [9.17, 15) is 0 Å². The Bertz CT molecular complexity index is 611. The Morgan fingerprint density at radius 3 is 2.05 bits per heavy atom. The monoisotopic (exact) mass is 301 g/mol.